The number of hydrogen-bond acceptors (Lipinski definition) is 5. The van der Waals surface area contributed by atoms with E-state index in [0.717, 1.165) is 10.6 Å². The van der Waals surface area contributed by atoms with E-state index in [2.05, 4.69) is 4.98 Å². The lowest BCUT2D eigenvalue weighted by Gasteiger charge is -2.25. The van der Waals surface area contributed by atoms with Crippen molar-refractivity contribution in [3.63, 3.8) is 0 Å². The van der Waals surface area contributed by atoms with Gasteiger partial charge in [-0.2, -0.15) is 0 Å². The van der Waals surface area contributed by atoms with Gasteiger partial charge in [0.1, 0.15) is 0 Å². The second-order valence-electron chi connectivity index (χ2n) is 5.01. The first-order valence-corrected chi connectivity index (χ1v) is 7.37. The van der Waals surface area contributed by atoms with Crippen molar-refractivity contribution in [2.45, 2.75) is 39.0 Å². The minimum Gasteiger partial charge on any atom is -0.481 e. The average Bonchev–Trinajstić information content (AvgIpc) is 2.75. The molecule has 1 saturated heterocycles. The van der Waals surface area contributed by atoms with Gasteiger partial charge in [0.15, 0.2) is 5.13 Å². The number of carbonyl (C=O) groups excluding carboxylic acids is 2. The first-order valence-electron chi connectivity index (χ1n) is 6.49. The van der Waals surface area contributed by atoms with Crippen LogP contribution < -0.4 is 4.90 Å². The molecule has 0 aromatic carbocycles. The Morgan fingerprint density at radius 2 is 2.10 bits per heavy atom. The largest absolute Gasteiger partial charge is 0.481 e. The third-order valence-corrected chi connectivity index (χ3v) is 3.97. The molecule has 1 N–H and O–H groups in total. The van der Waals surface area contributed by atoms with Gasteiger partial charge in [-0.3, -0.25) is 14.4 Å². The van der Waals surface area contributed by atoms with E-state index in [1.165, 1.54) is 11.3 Å². The van der Waals surface area contributed by atoms with Crippen LogP contribution in [-0.4, -0.2) is 27.9 Å². The van der Waals surface area contributed by atoms with E-state index >= 15 is 0 Å². The summed E-state index contributed by atoms with van der Waals surface area (Å²) in [6, 6.07) is 0. The van der Waals surface area contributed by atoms with E-state index in [9.17, 15) is 14.4 Å². The quantitative estimate of drug-likeness (QED) is 0.838. The summed E-state index contributed by atoms with van der Waals surface area (Å²) in [6.07, 6.45) is 1.85. The van der Waals surface area contributed by atoms with Crippen LogP contribution >= 0.6 is 11.3 Å². The number of carbonyl (C=O) groups is 3. The molecule has 2 amide bonds. The summed E-state index contributed by atoms with van der Waals surface area (Å²) in [7, 11) is 0. The molecule has 0 atom stereocenters. The number of thiazole rings is 1. The number of imide groups is 1. The van der Waals surface area contributed by atoms with Crippen LogP contribution in [0.15, 0.2) is 5.38 Å². The summed E-state index contributed by atoms with van der Waals surface area (Å²) in [5.41, 5.74) is 0.727. The molecule has 1 aliphatic heterocycles. The highest BCUT2D eigenvalue weighted by Gasteiger charge is 2.33. The maximum Gasteiger partial charge on any atom is 0.303 e. The topological polar surface area (TPSA) is 87.6 Å². The number of rotatable bonds is 5. The number of aliphatic carboxylic acids is 1. The molecule has 0 spiro atoms. The molecule has 20 heavy (non-hydrogen) atoms. The second kappa shape index (κ2) is 6.13. The summed E-state index contributed by atoms with van der Waals surface area (Å²) in [6.45, 7) is 1.88. The number of amides is 2. The Balaban J connectivity index is 2.02. The summed E-state index contributed by atoms with van der Waals surface area (Å²) in [5.74, 6) is -1.17. The predicted octanol–water partition coefficient (Wildman–Crippen LogP) is 1.84. The van der Waals surface area contributed by atoms with Gasteiger partial charge in [0.05, 0.1) is 5.69 Å². The maximum absolute atomic E-state index is 11.9. The Bertz CT molecular complexity index is 522. The smallest absolute Gasteiger partial charge is 0.303 e. The van der Waals surface area contributed by atoms with Crippen LogP contribution in [0.1, 0.15) is 38.3 Å². The minimum absolute atomic E-state index is 0.0845. The lowest BCUT2D eigenvalue weighted by atomic mass is 9.98. The van der Waals surface area contributed by atoms with Gasteiger partial charge in [0.2, 0.25) is 11.8 Å². The highest BCUT2D eigenvalue weighted by molar-refractivity contribution is 7.14. The van der Waals surface area contributed by atoms with Crippen molar-refractivity contribution in [1.82, 2.24) is 4.98 Å². The lowest BCUT2D eigenvalue weighted by molar-refractivity contribution is -0.137. The van der Waals surface area contributed by atoms with Crippen LogP contribution in [0.3, 0.4) is 0 Å². The number of hydrogen-bond donors (Lipinski definition) is 1. The van der Waals surface area contributed by atoms with Gasteiger partial charge in [-0.15, -0.1) is 11.3 Å². The van der Waals surface area contributed by atoms with Gasteiger partial charge in [-0.1, -0.05) is 6.92 Å². The summed E-state index contributed by atoms with van der Waals surface area (Å²) in [5, 5.41) is 10.8. The van der Waals surface area contributed by atoms with Crippen molar-refractivity contribution in [3.8, 4) is 0 Å². The second-order valence-corrected chi connectivity index (χ2v) is 5.84. The van der Waals surface area contributed by atoms with E-state index < -0.39 is 5.97 Å². The minimum atomic E-state index is -0.837. The molecule has 108 valence electrons. The normalized spacial score (nSPS) is 16.8. The summed E-state index contributed by atoms with van der Waals surface area (Å²) in [4.78, 5) is 39.7. The van der Waals surface area contributed by atoms with Crippen molar-refractivity contribution in [2.75, 3.05) is 4.90 Å². The zero-order valence-corrected chi connectivity index (χ0v) is 12.0. The highest BCUT2D eigenvalue weighted by atomic mass is 32.1. The molecule has 7 heteroatoms. The molecule has 1 aromatic rings. The van der Waals surface area contributed by atoms with Gasteiger partial charge in [-0.25, -0.2) is 9.88 Å². The monoisotopic (exact) mass is 296 g/mol. The average molecular weight is 296 g/mol. The van der Waals surface area contributed by atoms with Crippen LogP contribution in [0.25, 0.3) is 0 Å². The SMILES string of the molecule is CC1CC(=O)N(c2nc(CCCC(=O)O)cs2)C(=O)C1. The molecular weight excluding hydrogens is 280 g/mol. The van der Waals surface area contributed by atoms with E-state index in [4.69, 9.17) is 5.11 Å². The van der Waals surface area contributed by atoms with E-state index in [1.807, 2.05) is 6.92 Å². The maximum atomic E-state index is 11.9. The number of piperidine rings is 1. The summed E-state index contributed by atoms with van der Waals surface area (Å²) >= 11 is 1.25. The number of carboxylic acids is 1. The Kier molecular flexibility index (Phi) is 4.49. The predicted molar refractivity (Wildman–Crippen MR) is 73.6 cm³/mol. The first kappa shape index (κ1) is 14.6. The third-order valence-electron chi connectivity index (χ3n) is 3.10. The van der Waals surface area contributed by atoms with Crippen molar-refractivity contribution in [1.29, 1.82) is 0 Å². The molecule has 0 bridgehead atoms. The number of nitrogens with zero attached hydrogens (tertiary/aromatic N) is 2. The van der Waals surface area contributed by atoms with Crippen LogP contribution in [0.2, 0.25) is 0 Å². The standard InChI is InChI=1S/C13H16N2O4S/c1-8-5-10(16)15(11(17)6-8)13-14-9(7-20-13)3-2-4-12(18)19/h7-8H,2-6H2,1H3,(H,18,19). The molecular formula is C13H16N2O4S. The summed E-state index contributed by atoms with van der Waals surface area (Å²) < 4.78 is 0. The van der Waals surface area contributed by atoms with Gasteiger partial charge in [0.25, 0.3) is 0 Å². The van der Waals surface area contributed by atoms with Crippen molar-refractivity contribution in [2.24, 2.45) is 5.92 Å². The number of anilines is 1. The number of aromatic nitrogens is 1. The molecule has 0 unspecified atom stereocenters. The van der Waals surface area contributed by atoms with E-state index in [0.29, 0.717) is 30.8 Å². The molecule has 0 radical (unpaired) electrons. The van der Waals surface area contributed by atoms with Crippen molar-refractivity contribution < 1.29 is 19.5 Å². The molecule has 1 fully saturated rings. The highest BCUT2D eigenvalue weighted by Crippen LogP contribution is 2.28. The molecule has 2 heterocycles. The molecule has 1 aliphatic rings. The molecule has 2 rings (SSSR count). The van der Waals surface area contributed by atoms with Crippen LogP contribution in [-0.2, 0) is 20.8 Å². The Morgan fingerprint density at radius 3 is 2.70 bits per heavy atom. The van der Waals surface area contributed by atoms with Gasteiger partial charge in [-0.05, 0) is 18.8 Å². The van der Waals surface area contributed by atoms with E-state index in [-0.39, 0.29) is 24.2 Å². The zero-order chi connectivity index (χ0) is 14.7. The van der Waals surface area contributed by atoms with Crippen LogP contribution in [0.5, 0.6) is 0 Å². The number of aryl methyl sites for hydroxylation is 1. The van der Waals surface area contributed by atoms with E-state index in [1.54, 1.807) is 5.38 Å². The Morgan fingerprint density at radius 1 is 1.45 bits per heavy atom. The fraction of sp³-hybridized carbons (Fsp3) is 0.538. The molecule has 0 aliphatic carbocycles. The number of carboxylic acid groups (broad SMARTS) is 1. The van der Waals surface area contributed by atoms with Gasteiger partial charge in [0, 0.05) is 24.6 Å². The van der Waals surface area contributed by atoms with Crippen LogP contribution in [0.4, 0.5) is 5.13 Å². The van der Waals surface area contributed by atoms with Gasteiger partial charge >= 0.3 is 5.97 Å². The molecule has 0 saturated carbocycles. The Labute approximate surface area is 120 Å². The zero-order valence-electron chi connectivity index (χ0n) is 11.2. The molecule has 1 aromatic heterocycles. The first-order chi connectivity index (χ1) is 9.47. The fourth-order valence-corrected chi connectivity index (χ4v) is 3.03. The van der Waals surface area contributed by atoms with Crippen molar-refractivity contribution >= 4 is 34.3 Å². The Hall–Kier alpha value is -1.76. The fourth-order valence-electron chi connectivity index (χ4n) is 2.14. The molecule has 6 nitrogen and oxygen atoms in total. The third kappa shape index (κ3) is 3.41. The lowest BCUT2D eigenvalue weighted by Crippen LogP contribution is -2.42. The van der Waals surface area contributed by atoms with Crippen molar-refractivity contribution in [3.05, 3.63) is 11.1 Å². The van der Waals surface area contributed by atoms with Gasteiger partial charge < -0.3 is 5.11 Å². The van der Waals surface area contributed by atoms with Crippen LogP contribution in [0, 0.1) is 5.92 Å².